The Hall–Kier alpha value is -1.86. The summed E-state index contributed by atoms with van der Waals surface area (Å²) in [5.41, 5.74) is 1.97. The topological polar surface area (TPSA) is 60.2 Å². The number of hydrogen-bond acceptors (Lipinski definition) is 5. The molecule has 1 N–H and O–H groups in total. The monoisotopic (exact) mass is 375 g/mol. The number of ether oxygens (including phenoxy) is 1. The number of halogens is 1. The lowest BCUT2D eigenvalue weighted by Gasteiger charge is -2.11. The number of aliphatic hydroxyl groups excluding tert-OH is 1. The van der Waals surface area contributed by atoms with Crippen LogP contribution in [0.2, 0.25) is 5.02 Å². The molecule has 1 unspecified atom stereocenters. The Morgan fingerprint density at radius 3 is 2.80 bits per heavy atom. The Kier molecular flexibility index (Phi) is 6.47. The van der Waals surface area contributed by atoms with Crippen LogP contribution in [0.1, 0.15) is 5.56 Å². The van der Waals surface area contributed by atoms with Gasteiger partial charge in [0.15, 0.2) is 5.16 Å². The van der Waals surface area contributed by atoms with Gasteiger partial charge in [0.1, 0.15) is 6.33 Å². The summed E-state index contributed by atoms with van der Waals surface area (Å²) < 4.78 is 7.40. The average Bonchev–Trinajstić information content (AvgIpc) is 3.09. The quantitative estimate of drug-likeness (QED) is 0.610. The summed E-state index contributed by atoms with van der Waals surface area (Å²) in [6.45, 7) is 0.758. The van der Waals surface area contributed by atoms with E-state index in [-0.39, 0.29) is 6.61 Å². The van der Waals surface area contributed by atoms with Gasteiger partial charge in [0, 0.05) is 10.8 Å². The van der Waals surface area contributed by atoms with Crippen molar-refractivity contribution in [1.29, 1.82) is 0 Å². The highest BCUT2D eigenvalue weighted by Gasteiger charge is 2.11. The summed E-state index contributed by atoms with van der Waals surface area (Å²) >= 11 is 7.46. The highest BCUT2D eigenvalue weighted by Crippen LogP contribution is 2.22. The van der Waals surface area contributed by atoms with Crippen LogP contribution in [-0.2, 0) is 11.3 Å². The molecule has 0 aliphatic carbocycles. The summed E-state index contributed by atoms with van der Waals surface area (Å²) in [7, 11) is 0. The predicted molar refractivity (Wildman–Crippen MR) is 99.2 cm³/mol. The first kappa shape index (κ1) is 17.9. The van der Waals surface area contributed by atoms with Gasteiger partial charge in [-0.3, -0.25) is 4.57 Å². The summed E-state index contributed by atoms with van der Waals surface area (Å²) in [6.07, 6.45) is 1.05. The Morgan fingerprint density at radius 2 is 2.00 bits per heavy atom. The fourth-order valence-electron chi connectivity index (χ4n) is 2.23. The molecule has 0 saturated heterocycles. The van der Waals surface area contributed by atoms with Gasteiger partial charge in [0.25, 0.3) is 0 Å². The second kappa shape index (κ2) is 9.01. The minimum atomic E-state index is -0.585. The zero-order valence-electron chi connectivity index (χ0n) is 13.5. The third kappa shape index (κ3) is 5.31. The Bertz CT molecular complexity index is 798. The molecule has 1 atom stereocenters. The molecule has 0 saturated carbocycles. The minimum absolute atomic E-state index is 0.271. The lowest BCUT2D eigenvalue weighted by molar-refractivity contribution is 0.0398. The summed E-state index contributed by atoms with van der Waals surface area (Å²) in [5, 5.41) is 19.5. The van der Waals surface area contributed by atoms with Gasteiger partial charge in [-0.05, 0) is 23.8 Å². The van der Waals surface area contributed by atoms with Crippen molar-refractivity contribution in [3.8, 4) is 5.69 Å². The van der Waals surface area contributed by atoms with E-state index in [1.54, 1.807) is 6.33 Å². The maximum atomic E-state index is 10.1. The lowest BCUT2D eigenvalue weighted by atomic mass is 10.2. The summed E-state index contributed by atoms with van der Waals surface area (Å²) in [5.74, 6) is 0.466. The Labute approximate surface area is 155 Å². The molecule has 5 nitrogen and oxygen atoms in total. The number of thioether (sulfide) groups is 1. The van der Waals surface area contributed by atoms with Gasteiger partial charge in [-0.1, -0.05) is 59.8 Å². The molecule has 130 valence electrons. The van der Waals surface area contributed by atoms with Crippen LogP contribution < -0.4 is 0 Å². The molecular formula is C18H18ClN3O2S. The van der Waals surface area contributed by atoms with Crippen LogP contribution in [-0.4, -0.2) is 38.3 Å². The van der Waals surface area contributed by atoms with E-state index in [1.807, 2.05) is 59.2 Å². The Balaban J connectivity index is 1.49. The number of nitrogens with zero attached hydrogens (tertiary/aromatic N) is 3. The number of rotatable bonds is 8. The molecule has 1 heterocycles. The lowest BCUT2D eigenvalue weighted by Crippen LogP contribution is -2.18. The molecule has 3 rings (SSSR count). The Morgan fingerprint density at radius 1 is 1.16 bits per heavy atom. The van der Waals surface area contributed by atoms with Gasteiger partial charge < -0.3 is 9.84 Å². The van der Waals surface area contributed by atoms with E-state index in [0.717, 1.165) is 11.3 Å². The van der Waals surface area contributed by atoms with Crippen molar-refractivity contribution in [2.45, 2.75) is 17.9 Å². The highest BCUT2D eigenvalue weighted by atomic mass is 35.5. The number of aromatic nitrogens is 3. The van der Waals surface area contributed by atoms with E-state index in [1.165, 1.54) is 11.8 Å². The average molecular weight is 376 g/mol. The standard InChI is InChI=1S/C18H18ClN3O2S/c19-15-7-4-8-16(9-15)22-13-20-21-18(22)25-12-17(23)11-24-10-14-5-2-1-3-6-14/h1-9,13,17,23H,10-12H2. The van der Waals surface area contributed by atoms with Crippen LogP contribution in [0.15, 0.2) is 66.1 Å². The van der Waals surface area contributed by atoms with E-state index in [2.05, 4.69) is 10.2 Å². The first-order valence-corrected chi connectivity index (χ1v) is 9.17. The predicted octanol–water partition coefficient (Wildman–Crippen LogP) is 3.59. The fourth-order valence-corrected chi connectivity index (χ4v) is 3.25. The van der Waals surface area contributed by atoms with Crippen molar-refractivity contribution in [2.75, 3.05) is 12.4 Å². The molecule has 25 heavy (non-hydrogen) atoms. The molecule has 3 aromatic rings. The van der Waals surface area contributed by atoms with Gasteiger partial charge in [-0.15, -0.1) is 10.2 Å². The second-order valence-electron chi connectivity index (χ2n) is 5.43. The van der Waals surface area contributed by atoms with Gasteiger partial charge in [-0.2, -0.15) is 0 Å². The molecule has 0 aliphatic heterocycles. The van der Waals surface area contributed by atoms with E-state index in [0.29, 0.717) is 22.5 Å². The normalized spacial score (nSPS) is 12.2. The van der Waals surface area contributed by atoms with Crippen molar-refractivity contribution < 1.29 is 9.84 Å². The van der Waals surface area contributed by atoms with Crippen molar-refractivity contribution >= 4 is 23.4 Å². The van der Waals surface area contributed by atoms with Gasteiger partial charge in [0.2, 0.25) is 0 Å². The van der Waals surface area contributed by atoms with Gasteiger partial charge in [-0.25, -0.2) is 0 Å². The van der Waals surface area contributed by atoms with E-state index < -0.39 is 6.10 Å². The number of hydrogen-bond donors (Lipinski definition) is 1. The van der Waals surface area contributed by atoms with Crippen LogP contribution in [0.3, 0.4) is 0 Å². The third-order valence-electron chi connectivity index (χ3n) is 3.43. The largest absolute Gasteiger partial charge is 0.390 e. The van der Waals surface area contributed by atoms with E-state index >= 15 is 0 Å². The maximum absolute atomic E-state index is 10.1. The molecule has 7 heteroatoms. The molecule has 0 radical (unpaired) electrons. The summed E-state index contributed by atoms with van der Waals surface area (Å²) in [4.78, 5) is 0. The molecule has 0 fully saturated rings. The molecule has 0 amide bonds. The number of benzene rings is 2. The van der Waals surface area contributed by atoms with Gasteiger partial charge in [0.05, 0.1) is 25.0 Å². The zero-order chi connectivity index (χ0) is 17.5. The van der Waals surface area contributed by atoms with Gasteiger partial charge >= 0.3 is 0 Å². The van der Waals surface area contributed by atoms with Crippen LogP contribution in [0.25, 0.3) is 5.69 Å². The minimum Gasteiger partial charge on any atom is -0.390 e. The van der Waals surface area contributed by atoms with Crippen LogP contribution >= 0.6 is 23.4 Å². The van der Waals surface area contributed by atoms with Crippen molar-refractivity contribution in [3.05, 3.63) is 71.5 Å². The molecule has 0 bridgehead atoms. The van der Waals surface area contributed by atoms with Crippen LogP contribution in [0.4, 0.5) is 0 Å². The van der Waals surface area contributed by atoms with E-state index in [9.17, 15) is 5.11 Å². The number of aliphatic hydroxyl groups is 1. The van der Waals surface area contributed by atoms with Crippen LogP contribution in [0.5, 0.6) is 0 Å². The second-order valence-corrected chi connectivity index (χ2v) is 6.85. The zero-order valence-corrected chi connectivity index (χ0v) is 15.0. The van der Waals surface area contributed by atoms with Crippen LogP contribution in [0, 0.1) is 0 Å². The maximum Gasteiger partial charge on any atom is 0.195 e. The fraction of sp³-hybridized carbons (Fsp3) is 0.222. The highest BCUT2D eigenvalue weighted by molar-refractivity contribution is 7.99. The summed E-state index contributed by atoms with van der Waals surface area (Å²) in [6, 6.07) is 17.3. The van der Waals surface area contributed by atoms with E-state index in [4.69, 9.17) is 16.3 Å². The molecule has 1 aromatic heterocycles. The molecule has 2 aromatic carbocycles. The van der Waals surface area contributed by atoms with Crippen molar-refractivity contribution in [1.82, 2.24) is 14.8 Å². The first-order chi connectivity index (χ1) is 12.2. The first-order valence-electron chi connectivity index (χ1n) is 7.81. The smallest absolute Gasteiger partial charge is 0.195 e. The molecule has 0 aliphatic rings. The molecular weight excluding hydrogens is 358 g/mol. The third-order valence-corrected chi connectivity index (χ3v) is 4.75. The molecule has 0 spiro atoms. The van der Waals surface area contributed by atoms with Crippen molar-refractivity contribution in [2.24, 2.45) is 0 Å². The SMILES string of the molecule is OC(COCc1ccccc1)CSc1nncn1-c1cccc(Cl)c1. The van der Waals surface area contributed by atoms with Crippen molar-refractivity contribution in [3.63, 3.8) is 0 Å².